The van der Waals surface area contributed by atoms with E-state index in [0.29, 0.717) is 5.92 Å². The van der Waals surface area contributed by atoms with E-state index in [-0.39, 0.29) is 0 Å². The summed E-state index contributed by atoms with van der Waals surface area (Å²) in [4.78, 5) is 0. The van der Waals surface area contributed by atoms with Crippen LogP contribution in [0, 0.1) is 17.9 Å². The maximum Gasteiger partial charge on any atom is 0.110 e. The molecule has 0 spiro atoms. The third-order valence-corrected chi connectivity index (χ3v) is 1.06. The molecule has 1 atom stereocenters. The van der Waals surface area contributed by atoms with Gasteiger partial charge in [-0.25, -0.2) is 0 Å². The van der Waals surface area contributed by atoms with Crippen molar-refractivity contribution < 1.29 is 4.74 Å². The minimum atomic E-state index is 0.359. The molecule has 0 bridgehead atoms. The van der Waals surface area contributed by atoms with Crippen LogP contribution in [0.3, 0.4) is 0 Å². The minimum absolute atomic E-state index is 0.359. The summed E-state index contributed by atoms with van der Waals surface area (Å²) in [7, 11) is 1.57. The fraction of sp³-hybridized carbons (Fsp3) is 0.556. The minimum Gasteiger partial charge on any atom is -0.450 e. The van der Waals surface area contributed by atoms with Crippen molar-refractivity contribution in [1.29, 1.82) is 0 Å². The van der Waals surface area contributed by atoms with Crippen LogP contribution < -0.4 is 0 Å². The van der Waals surface area contributed by atoms with Crippen molar-refractivity contribution in [3.63, 3.8) is 0 Å². The second-order valence-corrected chi connectivity index (χ2v) is 2.51. The van der Waals surface area contributed by atoms with E-state index >= 15 is 0 Å². The Morgan fingerprint density at radius 2 is 2.30 bits per heavy atom. The molecular weight excluding hydrogens is 124 g/mol. The molecular formula is C9H14O. The van der Waals surface area contributed by atoms with Crippen molar-refractivity contribution in [2.24, 2.45) is 5.92 Å². The van der Waals surface area contributed by atoms with Gasteiger partial charge in [-0.1, -0.05) is 18.4 Å². The lowest BCUT2D eigenvalue weighted by Crippen LogP contribution is -1.90. The maximum atomic E-state index is 4.60. The van der Waals surface area contributed by atoms with Crippen LogP contribution in [0.4, 0.5) is 0 Å². The standard InChI is InChI=1S/C9H14O/c1-8(2)7-9(3)5-6-10-4/h9H,1,7H2,2-4H3. The lowest BCUT2D eigenvalue weighted by atomic mass is 10.1. The number of methoxy groups -OCH3 is 1. The molecule has 1 heteroatoms. The molecule has 0 aliphatic heterocycles. The molecule has 0 rings (SSSR count). The zero-order valence-electron chi connectivity index (χ0n) is 6.90. The predicted octanol–water partition coefficient (Wildman–Crippen LogP) is 2.20. The van der Waals surface area contributed by atoms with Crippen molar-refractivity contribution in [3.8, 4) is 12.0 Å². The highest BCUT2D eigenvalue weighted by Gasteiger charge is 1.95. The van der Waals surface area contributed by atoms with E-state index in [1.54, 1.807) is 7.11 Å². The Morgan fingerprint density at radius 3 is 2.70 bits per heavy atom. The molecule has 0 radical (unpaired) electrons. The van der Waals surface area contributed by atoms with Crippen LogP contribution in [0.1, 0.15) is 20.3 Å². The third-order valence-electron chi connectivity index (χ3n) is 1.06. The summed E-state index contributed by atoms with van der Waals surface area (Å²) >= 11 is 0. The molecule has 56 valence electrons. The molecule has 0 aromatic rings. The monoisotopic (exact) mass is 138 g/mol. The second-order valence-electron chi connectivity index (χ2n) is 2.51. The number of ether oxygens (including phenoxy) is 1. The van der Waals surface area contributed by atoms with Gasteiger partial charge in [-0.2, -0.15) is 0 Å². The van der Waals surface area contributed by atoms with Gasteiger partial charge in [0.05, 0.1) is 7.11 Å². The van der Waals surface area contributed by atoms with Crippen LogP contribution in [-0.4, -0.2) is 7.11 Å². The normalized spacial score (nSPS) is 11.1. The van der Waals surface area contributed by atoms with Gasteiger partial charge in [-0.15, -0.1) is 6.58 Å². The number of hydrogen-bond acceptors (Lipinski definition) is 1. The number of allylic oxidation sites excluding steroid dienone is 1. The van der Waals surface area contributed by atoms with Gasteiger partial charge in [-0.3, -0.25) is 0 Å². The van der Waals surface area contributed by atoms with Crippen molar-refractivity contribution in [2.75, 3.05) is 7.11 Å². The summed E-state index contributed by atoms with van der Waals surface area (Å²) in [5.74, 6) is 3.29. The van der Waals surface area contributed by atoms with E-state index in [0.717, 1.165) is 12.0 Å². The molecule has 10 heavy (non-hydrogen) atoms. The Morgan fingerprint density at radius 1 is 1.70 bits per heavy atom. The van der Waals surface area contributed by atoms with Gasteiger partial charge >= 0.3 is 0 Å². The van der Waals surface area contributed by atoms with Crippen molar-refractivity contribution in [1.82, 2.24) is 0 Å². The first-order chi connectivity index (χ1) is 4.66. The second kappa shape index (κ2) is 4.93. The van der Waals surface area contributed by atoms with Crippen molar-refractivity contribution in [3.05, 3.63) is 12.2 Å². The van der Waals surface area contributed by atoms with E-state index in [1.807, 2.05) is 6.92 Å². The highest BCUT2D eigenvalue weighted by Crippen LogP contribution is 2.06. The zero-order valence-corrected chi connectivity index (χ0v) is 6.90. The average Bonchev–Trinajstić information content (AvgIpc) is 1.82. The summed E-state index contributed by atoms with van der Waals surface area (Å²) in [5, 5.41) is 0. The molecule has 0 heterocycles. The molecule has 0 N–H and O–H groups in total. The van der Waals surface area contributed by atoms with Crippen LogP contribution in [-0.2, 0) is 4.74 Å². The van der Waals surface area contributed by atoms with E-state index in [4.69, 9.17) is 0 Å². The van der Waals surface area contributed by atoms with Crippen LogP contribution >= 0.6 is 0 Å². The molecule has 0 aliphatic carbocycles. The summed E-state index contributed by atoms with van der Waals surface area (Å²) in [6, 6.07) is 0. The predicted molar refractivity (Wildman–Crippen MR) is 43.4 cm³/mol. The Bertz CT molecular complexity index is 159. The Balaban J connectivity index is 3.63. The molecule has 0 saturated heterocycles. The fourth-order valence-electron chi connectivity index (χ4n) is 0.733. The van der Waals surface area contributed by atoms with Gasteiger partial charge in [0.2, 0.25) is 0 Å². The van der Waals surface area contributed by atoms with Crippen LogP contribution in [0.15, 0.2) is 12.2 Å². The van der Waals surface area contributed by atoms with Gasteiger partial charge in [0.1, 0.15) is 6.11 Å². The first-order valence-electron chi connectivity index (χ1n) is 3.34. The van der Waals surface area contributed by atoms with Crippen molar-refractivity contribution in [2.45, 2.75) is 20.3 Å². The van der Waals surface area contributed by atoms with E-state index in [2.05, 4.69) is 30.3 Å². The molecule has 1 unspecified atom stereocenters. The van der Waals surface area contributed by atoms with Crippen LogP contribution in [0.2, 0.25) is 0 Å². The Labute approximate surface area is 63.1 Å². The number of rotatable bonds is 2. The zero-order chi connectivity index (χ0) is 7.98. The number of hydrogen-bond donors (Lipinski definition) is 0. The molecule has 0 aromatic heterocycles. The van der Waals surface area contributed by atoms with Gasteiger partial charge in [-0.05, 0) is 13.3 Å². The largest absolute Gasteiger partial charge is 0.450 e. The SMILES string of the molecule is C=C(C)CC(C)C#COC. The van der Waals surface area contributed by atoms with E-state index in [1.165, 1.54) is 0 Å². The fourth-order valence-corrected chi connectivity index (χ4v) is 0.733. The molecule has 0 saturated carbocycles. The highest BCUT2D eigenvalue weighted by atomic mass is 16.5. The van der Waals surface area contributed by atoms with Gasteiger partial charge in [0.15, 0.2) is 0 Å². The smallest absolute Gasteiger partial charge is 0.110 e. The highest BCUT2D eigenvalue weighted by molar-refractivity contribution is 5.02. The van der Waals surface area contributed by atoms with Gasteiger partial charge < -0.3 is 4.74 Å². The topological polar surface area (TPSA) is 9.23 Å². The summed E-state index contributed by atoms with van der Waals surface area (Å²) in [6.07, 6.45) is 3.52. The Kier molecular flexibility index (Phi) is 4.49. The van der Waals surface area contributed by atoms with Crippen LogP contribution in [0.25, 0.3) is 0 Å². The molecule has 0 aromatic carbocycles. The molecule has 0 amide bonds. The maximum absolute atomic E-state index is 4.60. The van der Waals surface area contributed by atoms with Gasteiger partial charge in [0, 0.05) is 5.92 Å². The summed E-state index contributed by atoms with van der Waals surface area (Å²) < 4.78 is 4.60. The molecule has 0 fully saturated rings. The first kappa shape index (κ1) is 9.10. The lowest BCUT2D eigenvalue weighted by Gasteiger charge is -2.00. The van der Waals surface area contributed by atoms with E-state index < -0.39 is 0 Å². The van der Waals surface area contributed by atoms with Gasteiger partial charge in [0.25, 0.3) is 0 Å². The average molecular weight is 138 g/mol. The third kappa shape index (κ3) is 5.24. The Hall–Kier alpha value is -0.900. The first-order valence-corrected chi connectivity index (χ1v) is 3.34. The van der Waals surface area contributed by atoms with E-state index in [9.17, 15) is 0 Å². The summed E-state index contributed by atoms with van der Waals surface area (Å²) in [5.41, 5.74) is 1.16. The molecule has 1 nitrogen and oxygen atoms in total. The van der Waals surface area contributed by atoms with Crippen molar-refractivity contribution >= 4 is 0 Å². The quantitative estimate of drug-likeness (QED) is 0.420. The lowest BCUT2D eigenvalue weighted by molar-refractivity contribution is 0.370. The summed E-state index contributed by atoms with van der Waals surface area (Å²) in [6.45, 7) is 7.86. The molecule has 0 aliphatic rings. The van der Waals surface area contributed by atoms with Crippen LogP contribution in [0.5, 0.6) is 0 Å².